The van der Waals surface area contributed by atoms with E-state index in [1.807, 2.05) is 55.5 Å². The summed E-state index contributed by atoms with van der Waals surface area (Å²) < 4.78 is 10.7. The number of hydrogen-bond acceptors (Lipinski definition) is 4. The predicted molar refractivity (Wildman–Crippen MR) is 124 cm³/mol. The topological polar surface area (TPSA) is 51.1 Å². The van der Waals surface area contributed by atoms with Crippen molar-refractivity contribution in [3.63, 3.8) is 0 Å². The minimum Gasteiger partial charge on any atom is -0.493 e. The SMILES string of the molecule is COc1ccc(/C=C2/N=C(c3cccc(C)c3)N(c3ccc(Cl)cc3)C2=O)cc1OC. The molecule has 6 heteroatoms. The van der Waals surface area contributed by atoms with Gasteiger partial charge in [-0.25, -0.2) is 4.99 Å². The number of halogens is 1. The lowest BCUT2D eigenvalue weighted by molar-refractivity contribution is -0.113. The van der Waals surface area contributed by atoms with Crippen molar-refractivity contribution in [3.8, 4) is 11.5 Å². The van der Waals surface area contributed by atoms with Crippen LogP contribution in [0, 0.1) is 6.92 Å². The monoisotopic (exact) mass is 432 g/mol. The van der Waals surface area contributed by atoms with Crippen molar-refractivity contribution in [2.75, 3.05) is 19.1 Å². The van der Waals surface area contributed by atoms with Gasteiger partial charge in [-0.05, 0) is 61.0 Å². The zero-order valence-electron chi connectivity index (χ0n) is 17.4. The van der Waals surface area contributed by atoms with Gasteiger partial charge in [-0.3, -0.25) is 9.69 Å². The lowest BCUT2D eigenvalue weighted by atomic mass is 10.1. The Morgan fingerprint density at radius 1 is 0.935 bits per heavy atom. The first-order valence-corrected chi connectivity index (χ1v) is 10.1. The van der Waals surface area contributed by atoms with E-state index in [2.05, 4.69) is 0 Å². The molecule has 156 valence electrons. The molecule has 3 aromatic carbocycles. The quantitative estimate of drug-likeness (QED) is 0.500. The highest BCUT2D eigenvalue weighted by molar-refractivity contribution is 6.34. The molecule has 0 spiro atoms. The molecule has 0 N–H and O–H groups in total. The fourth-order valence-corrected chi connectivity index (χ4v) is 3.55. The van der Waals surface area contributed by atoms with Crippen molar-refractivity contribution in [2.24, 2.45) is 4.99 Å². The van der Waals surface area contributed by atoms with Gasteiger partial charge in [0.2, 0.25) is 0 Å². The maximum atomic E-state index is 13.4. The highest BCUT2D eigenvalue weighted by Crippen LogP contribution is 2.31. The number of rotatable bonds is 5. The van der Waals surface area contributed by atoms with Crippen molar-refractivity contribution in [1.29, 1.82) is 0 Å². The fraction of sp³-hybridized carbons (Fsp3) is 0.120. The molecule has 0 atom stereocenters. The number of hydrogen-bond donors (Lipinski definition) is 0. The van der Waals surface area contributed by atoms with Crippen molar-refractivity contribution in [1.82, 2.24) is 0 Å². The van der Waals surface area contributed by atoms with Crippen molar-refractivity contribution in [3.05, 3.63) is 94.1 Å². The van der Waals surface area contributed by atoms with Crippen LogP contribution in [0.2, 0.25) is 5.02 Å². The highest BCUT2D eigenvalue weighted by Gasteiger charge is 2.32. The van der Waals surface area contributed by atoms with E-state index in [1.54, 1.807) is 43.4 Å². The second-order valence-electron chi connectivity index (χ2n) is 7.07. The number of aryl methyl sites for hydroxylation is 1. The van der Waals surface area contributed by atoms with Gasteiger partial charge in [0.25, 0.3) is 5.91 Å². The van der Waals surface area contributed by atoms with Gasteiger partial charge >= 0.3 is 0 Å². The molecule has 1 amide bonds. The highest BCUT2D eigenvalue weighted by atomic mass is 35.5. The van der Waals surface area contributed by atoms with Gasteiger partial charge in [0, 0.05) is 10.6 Å². The van der Waals surface area contributed by atoms with E-state index in [-0.39, 0.29) is 5.91 Å². The van der Waals surface area contributed by atoms with Crippen LogP contribution in [0.3, 0.4) is 0 Å². The van der Waals surface area contributed by atoms with Crippen molar-refractivity contribution >= 4 is 35.1 Å². The molecule has 0 unspecified atom stereocenters. The average molecular weight is 433 g/mol. The summed E-state index contributed by atoms with van der Waals surface area (Å²) in [6, 6.07) is 20.5. The van der Waals surface area contributed by atoms with Crippen LogP contribution < -0.4 is 14.4 Å². The molecule has 0 bridgehead atoms. The third-order valence-electron chi connectivity index (χ3n) is 4.93. The molecule has 0 fully saturated rings. The molecule has 1 heterocycles. The van der Waals surface area contributed by atoms with E-state index in [9.17, 15) is 4.79 Å². The minimum absolute atomic E-state index is 0.214. The normalized spacial score (nSPS) is 14.7. The van der Waals surface area contributed by atoms with E-state index in [1.165, 1.54) is 0 Å². The molecule has 4 rings (SSSR count). The van der Waals surface area contributed by atoms with Crippen LogP contribution in [0.5, 0.6) is 11.5 Å². The van der Waals surface area contributed by atoms with E-state index in [4.69, 9.17) is 26.1 Å². The average Bonchev–Trinajstić information content (AvgIpc) is 3.10. The zero-order chi connectivity index (χ0) is 22.0. The lowest BCUT2D eigenvalue weighted by Crippen LogP contribution is -2.32. The standard InChI is InChI=1S/C25H21ClN2O3/c1-16-5-4-6-18(13-16)24-27-21(14-17-7-12-22(30-2)23(15-17)31-3)25(29)28(24)20-10-8-19(26)9-11-20/h4-15H,1-3H3/b21-14+. The number of aliphatic imine (C=N–C) groups is 1. The molecule has 5 nitrogen and oxygen atoms in total. The second kappa shape index (κ2) is 8.66. The van der Waals surface area contributed by atoms with Gasteiger partial charge in [-0.1, -0.05) is 41.4 Å². The van der Waals surface area contributed by atoms with Gasteiger partial charge < -0.3 is 9.47 Å². The fourth-order valence-electron chi connectivity index (χ4n) is 3.42. The smallest absolute Gasteiger partial charge is 0.282 e. The summed E-state index contributed by atoms with van der Waals surface area (Å²) in [7, 11) is 3.16. The zero-order valence-corrected chi connectivity index (χ0v) is 18.2. The molecule has 31 heavy (non-hydrogen) atoms. The molecule has 3 aromatic rings. The Labute approximate surface area is 186 Å². The number of nitrogens with zero attached hydrogens (tertiary/aromatic N) is 2. The Balaban J connectivity index is 1.81. The van der Waals surface area contributed by atoms with Crippen LogP contribution in [0.1, 0.15) is 16.7 Å². The summed E-state index contributed by atoms with van der Waals surface area (Å²) in [5, 5.41) is 0.602. The molecular weight excluding hydrogens is 412 g/mol. The lowest BCUT2D eigenvalue weighted by Gasteiger charge is -2.19. The number of benzene rings is 3. The maximum absolute atomic E-state index is 13.4. The molecular formula is C25H21ClN2O3. The van der Waals surface area contributed by atoms with Crippen LogP contribution >= 0.6 is 11.6 Å². The molecule has 0 saturated heterocycles. The summed E-state index contributed by atoms with van der Waals surface area (Å²) in [6.45, 7) is 2.01. The van der Waals surface area contributed by atoms with Crippen LogP contribution in [-0.4, -0.2) is 26.0 Å². The number of anilines is 1. The Bertz CT molecular complexity index is 1200. The predicted octanol–water partition coefficient (Wildman–Crippen LogP) is 5.50. The Kier molecular flexibility index (Phi) is 5.78. The molecule has 1 aliphatic heterocycles. The van der Waals surface area contributed by atoms with Gasteiger partial charge in [-0.15, -0.1) is 0 Å². The number of amidine groups is 1. The van der Waals surface area contributed by atoms with Gasteiger partial charge in [0.15, 0.2) is 11.5 Å². The molecule has 0 aliphatic carbocycles. The second-order valence-corrected chi connectivity index (χ2v) is 7.50. The number of carbonyl (C=O) groups is 1. The summed E-state index contributed by atoms with van der Waals surface area (Å²) in [4.78, 5) is 19.7. The maximum Gasteiger partial charge on any atom is 0.282 e. The van der Waals surface area contributed by atoms with Gasteiger partial charge in [0.05, 0.1) is 19.9 Å². The Hall–Kier alpha value is -3.57. The Morgan fingerprint density at radius 2 is 1.68 bits per heavy atom. The molecule has 0 radical (unpaired) electrons. The van der Waals surface area contributed by atoms with Crippen LogP contribution in [0.15, 0.2) is 77.4 Å². The molecule has 0 saturated carbocycles. The van der Waals surface area contributed by atoms with E-state index < -0.39 is 0 Å². The summed E-state index contributed by atoms with van der Waals surface area (Å²) in [6.07, 6.45) is 1.75. The molecule has 1 aliphatic rings. The number of methoxy groups -OCH3 is 2. The Morgan fingerprint density at radius 3 is 2.35 bits per heavy atom. The van der Waals surface area contributed by atoms with E-state index >= 15 is 0 Å². The van der Waals surface area contributed by atoms with E-state index in [0.717, 1.165) is 16.7 Å². The number of carbonyl (C=O) groups excluding carboxylic acids is 1. The summed E-state index contributed by atoms with van der Waals surface area (Å²) in [5.41, 5.74) is 3.76. The first-order chi connectivity index (χ1) is 15.0. The first kappa shape index (κ1) is 20.7. The van der Waals surface area contributed by atoms with Crippen LogP contribution in [-0.2, 0) is 4.79 Å². The third kappa shape index (κ3) is 4.18. The largest absolute Gasteiger partial charge is 0.493 e. The minimum atomic E-state index is -0.214. The van der Waals surface area contributed by atoms with E-state index in [0.29, 0.717) is 33.7 Å². The number of amides is 1. The van der Waals surface area contributed by atoms with Crippen molar-refractivity contribution < 1.29 is 14.3 Å². The van der Waals surface area contributed by atoms with Gasteiger partial charge in [-0.2, -0.15) is 0 Å². The summed E-state index contributed by atoms with van der Waals surface area (Å²) >= 11 is 6.05. The number of ether oxygens (including phenoxy) is 2. The van der Waals surface area contributed by atoms with Crippen LogP contribution in [0.4, 0.5) is 5.69 Å². The molecule has 0 aromatic heterocycles. The van der Waals surface area contributed by atoms with Crippen molar-refractivity contribution in [2.45, 2.75) is 6.92 Å². The van der Waals surface area contributed by atoms with Gasteiger partial charge in [0.1, 0.15) is 11.5 Å². The summed E-state index contributed by atoms with van der Waals surface area (Å²) in [5.74, 6) is 1.56. The van der Waals surface area contributed by atoms with Crippen LogP contribution in [0.25, 0.3) is 6.08 Å². The first-order valence-electron chi connectivity index (χ1n) is 9.69. The third-order valence-corrected chi connectivity index (χ3v) is 5.18.